The summed E-state index contributed by atoms with van der Waals surface area (Å²) in [5, 5.41) is 11.0. The Balaban J connectivity index is 1.94. The Morgan fingerprint density at radius 3 is 2.86 bits per heavy atom. The molecule has 2 aromatic rings. The maximum absolute atomic E-state index is 12.7. The zero-order valence-electron chi connectivity index (χ0n) is 11.6. The number of fused-ring (bicyclic) bond motifs is 1. The van der Waals surface area contributed by atoms with Crippen molar-refractivity contribution >= 4 is 28.9 Å². The molecule has 1 aromatic carbocycles. The largest absolute Gasteiger partial charge is 0.478 e. The van der Waals surface area contributed by atoms with Crippen LogP contribution in [0.3, 0.4) is 0 Å². The second-order valence-corrected chi connectivity index (χ2v) is 5.90. The molecule has 0 atom stereocenters. The third-order valence-corrected chi connectivity index (χ3v) is 4.73. The van der Waals surface area contributed by atoms with Gasteiger partial charge in [0.15, 0.2) is 0 Å². The van der Waals surface area contributed by atoms with E-state index in [1.54, 1.807) is 23.1 Å². The first-order valence-electron chi connectivity index (χ1n) is 6.86. The summed E-state index contributed by atoms with van der Waals surface area (Å²) >= 11 is 1.47. The van der Waals surface area contributed by atoms with Gasteiger partial charge in [0.25, 0.3) is 5.91 Å². The van der Waals surface area contributed by atoms with Gasteiger partial charge in [-0.1, -0.05) is 6.92 Å². The average molecular weight is 301 g/mol. The number of anilines is 1. The highest BCUT2D eigenvalue weighted by Gasteiger charge is 2.28. The molecule has 21 heavy (non-hydrogen) atoms. The summed E-state index contributed by atoms with van der Waals surface area (Å²) in [5.74, 6) is -0.919. The minimum absolute atomic E-state index is 0.0173. The van der Waals surface area contributed by atoms with Gasteiger partial charge in [0, 0.05) is 12.2 Å². The zero-order chi connectivity index (χ0) is 15.0. The van der Waals surface area contributed by atoms with Crippen molar-refractivity contribution < 1.29 is 14.7 Å². The molecule has 108 valence electrons. The van der Waals surface area contributed by atoms with Gasteiger partial charge in [0.05, 0.1) is 10.4 Å². The Hall–Kier alpha value is -2.14. The highest BCUT2D eigenvalue weighted by Crippen LogP contribution is 2.32. The van der Waals surface area contributed by atoms with E-state index in [1.165, 1.54) is 11.3 Å². The van der Waals surface area contributed by atoms with E-state index in [9.17, 15) is 9.59 Å². The van der Waals surface area contributed by atoms with Gasteiger partial charge < -0.3 is 10.0 Å². The molecule has 1 aromatic heterocycles. The van der Waals surface area contributed by atoms with E-state index in [1.807, 2.05) is 18.4 Å². The molecule has 3 rings (SSSR count). The molecule has 0 saturated carbocycles. The van der Waals surface area contributed by atoms with Crippen molar-refractivity contribution in [2.75, 3.05) is 11.4 Å². The number of aryl methyl sites for hydroxylation is 1. The minimum atomic E-state index is -0.936. The number of thiophene rings is 1. The van der Waals surface area contributed by atoms with E-state index in [-0.39, 0.29) is 11.5 Å². The first-order chi connectivity index (χ1) is 10.1. The summed E-state index contributed by atoms with van der Waals surface area (Å²) in [6.07, 6.45) is 1.54. The van der Waals surface area contributed by atoms with Crippen LogP contribution < -0.4 is 4.90 Å². The highest BCUT2D eigenvalue weighted by molar-refractivity contribution is 7.12. The zero-order valence-corrected chi connectivity index (χ0v) is 12.4. The summed E-state index contributed by atoms with van der Waals surface area (Å²) < 4.78 is 0. The maximum atomic E-state index is 12.7. The average Bonchev–Trinajstić information content (AvgIpc) is 3.12. The van der Waals surface area contributed by atoms with Crippen LogP contribution in [0.5, 0.6) is 0 Å². The number of hydrogen-bond acceptors (Lipinski definition) is 3. The first-order valence-corrected chi connectivity index (χ1v) is 7.74. The van der Waals surface area contributed by atoms with E-state index >= 15 is 0 Å². The number of benzene rings is 1. The number of carbonyl (C=O) groups excluding carboxylic acids is 1. The van der Waals surface area contributed by atoms with Gasteiger partial charge >= 0.3 is 5.97 Å². The van der Waals surface area contributed by atoms with Crippen LogP contribution in [0.15, 0.2) is 29.6 Å². The molecule has 0 unspecified atom stereocenters. The second-order valence-electron chi connectivity index (χ2n) is 4.98. The predicted octanol–water partition coefficient (Wildman–Crippen LogP) is 3.21. The SMILES string of the molecule is CCc1ccsc1C(=O)N1CCc2cc(C(=O)O)ccc21. The van der Waals surface area contributed by atoms with Gasteiger partial charge in [-0.2, -0.15) is 0 Å². The van der Waals surface area contributed by atoms with Crippen LogP contribution in [0.25, 0.3) is 0 Å². The number of carboxylic acid groups (broad SMARTS) is 1. The van der Waals surface area contributed by atoms with Gasteiger partial charge in [-0.05, 0) is 53.6 Å². The highest BCUT2D eigenvalue weighted by atomic mass is 32.1. The van der Waals surface area contributed by atoms with Gasteiger partial charge in [-0.3, -0.25) is 4.79 Å². The predicted molar refractivity (Wildman–Crippen MR) is 82.5 cm³/mol. The molecule has 1 amide bonds. The number of aromatic carboxylic acids is 1. The van der Waals surface area contributed by atoms with Crippen LogP contribution in [-0.2, 0) is 12.8 Å². The quantitative estimate of drug-likeness (QED) is 0.947. The van der Waals surface area contributed by atoms with Crippen LogP contribution in [-0.4, -0.2) is 23.5 Å². The first kappa shape index (κ1) is 13.8. The Kier molecular flexibility index (Phi) is 3.51. The molecule has 0 aliphatic carbocycles. The molecular formula is C16H15NO3S. The van der Waals surface area contributed by atoms with E-state index < -0.39 is 5.97 Å². The van der Waals surface area contributed by atoms with Crippen LogP contribution in [0.4, 0.5) is 5.69 Å². The second kappa shape index (κ2) is 5.33. The molecule has 1 aliphatic heterocycles. The summed E-state index contributed by atoms with van der Waals surface area (Å²) in [6.45, 7) is 2.65. The molecule has 0 fully saturated rings. The number of amides is 1. The van der Waals surface area contributed by atoms with Crippen molar-refractivity contribution in [1.29, 1.82) is 0 Å². The smallest absolute Gasteiger partial charge is 0.335 e. The lowest BCUT2D eigenvalue weighted by Crippen LogP contribution is -2.28. The molecule has 0 spiro atoms. The van der Waals surface area contributed by atoms with Crippen molar-refractivity contribution in [3.8, 4) is 0 Å². The molecular weight excluding hydrogens is 286 g/mol. The Morgan fingerprint density at radius 1 is 1.33 bits per heavy atom. The van der Waals surface area contributed by atoms with Crippen molar-refractivity contribution in [2.24, 2.45) is 0 Å². The molecule has 5 heteroatoms. The molecule has 1 aliphatic rings. The van der Waals surface area contributed by atoms with Crippen molar-refractivity contribution in [1.82, 2.24) is 0 Å². The van der Waals surface area contributed by atoms with Crippen molar-refractivity contribution in [2.45, 2.75) is 19.8 Å². The molecule has 0 bridgehead atoms. The van der Waals surface area contributed by atoms with E-state index in [2.05, 4.69) is 0 Å². The third kappa shape index (κ3) is 2.34. The van der Waals surface area contributed by atoms with Crippen LogP contribution >= 0.6 is 11.3 Å². The number of nitrogens with zero attached hydrogens (tertiary/aromatic N) is 1. The number of rotatable bonds is 3. The number of carbonyl (C=O) groups is 2. The van der Waals surface area contributed by atoms with Gasteiger partial charge in [-0.15, -0.1) is 11.3 Å². The fourth-order valence-electron chi connectivity index (χ4n) is 2.67. The molecule has 0 saturated heterocycles. The van der Waals surface area contributed by atoms with E-state index in [0.29, 0.717) is 13.0 Å². The number of hydrogen-bond donors (Lipinski definition) is 1. The molecule has 4 nitrogen and oxygen atoms in total. The fourth-order valence-corrected chi connectivity index (χ4v) is 3.61. The molecule has 0 radical (unpaired) electrons. The van der Waals surface area contributed by atoms with Crippen LogP contribution in [0, 0.1) is 0 Å². The Labute approximate surface area is 126 Å². The van der Waals surface area contributed by atoms with Gasteiger partial charge in [-0.25, -0.2) is 4.79 Å². The number of carboxylic acids is 1. The summed E-state index contributed by atoms with van der Waals surface area (Å²) in [6, 6.07) is 6.95. The molecule has 2 heterocycles. The summed E-state index contributed by atoms with van der Waals surface area (Å²) in [5.41, 5.74) is 3.10. The monoisotopic (exact) mass is 301 g/mol. The Bertz CT molecular complexity index is 720. The van der Waals surface area contributed by atoms with Crippen LogP contribution in [0.1, 0.15) is 38.1 Å². The fraction of sp³-hybridized carbons (Fsp3) is 0.250. The van der Waals surface area contributed by atoms with Crippen molar-refractivity contribution in [3.05, 3.63) is 51.2 Å². The van der Waals surface area contributed by atoms with Gasteiger partial charge in [0.2, 0.25) is 0 Å². The maximum Gasteiger partial charge on any atom is 0.335 e. The lowest BCUT2D eigenvalue weighted by Gasteiger charge is -2.17. The lowest BCUT2D eigenvalue weighted by atomic mass is 10.1. The topological polar surface area (TPSA) is 57.6 Å². The summed E-state index contributed by atoms with van der Waals surface area (Å²) in [4.78, 5) is 26.2. The standard InChI is InChI=1S/C16H15NO3S/c1-2-10-6-8-21-14(10)15(18)17-7-5-11-9-12(16(19)20)3-4-13(11)17/h3-4,6,8-9H,2,5,7H2,1H3,(H,19,20). The lowest BCUT2D eigenvalue weighted by molar-refractivity contribution is 0.0696. The Morgan fingerprint density at radius 2 is 2.14 bits per heavy atom. The summed E-state index contributed by atoms with van der Waals surface area (Å²) in [7, 11) is 0. The van der Waals surface area contributed by atoms with E-state index in [0.717, 1.165) is 28.1 Å². The van der Waals surface area contributed by atoms with Crippen LogP contribution in [0.2, 0.25) is 0 Å². The minimum Gasteiger partial charge on any atom is -0.478 e. The third-order valence-electron chi connectivity index (χ3n) is 3.79. The van der Waals surface area contributed by atoms with Crippen molar-refractivity contribution in [3.63, 3.8) is 0 Å². The normalized spacial score (nSPS) is 13.3. The molecule has 1 N–H and O–H groups in total. The van der Waals surface area contributed by atoms with Gasteiger partial charge in [0.1, 0.15) is 0 Å². The van der Waals surface area contributed by atoms with E-state index in [4.69, 9.17) is 5.11 Å².